The molecule has 3 heteroatoms. The lowest BCUT2D eigenvalue weighted by Gasteiger charge is -2.16. The minimum atomic E-state index is -0.141. The maximum Gasteiger partial charge on any atom is 0.264 e. The quantitative estimate of drug-likeness (QED) is 0.604. The summed E-state index contributed by atoms with van der Waals surface area (Å²) in [5.74, 6) is 0. The van der Waals surface area contributed by atoms with E-state index in [1.54, 1.807) is 12.3 Å². The molecular weight excluding hydrogens is 140 g/mol. The summed E-state index contributed by atoms with van der Waals surface area (Å²) < 4.78 is 0. The molecule has 0 amide bonds. The Labute approximate surface area is 65.5 Å². The van der Waals surface area contributed by atoms with Crippen LogP contribution in [0.5, 0.6) is 0 Å². The fraction of sp³-hybridized carbons (Fsp3) is 0.500. The van der Waals surface area contributed by atoms with Gasteiger partial charge in [-0.2, -0.15) is 5.10 Å². The summed E-state index contributed by atoms with van der Waals surface area (Å²) in [6, 6.07) is 1.58. The molecule has 1 aromatic rings. The van der Waals surface area contributed by atoms with E-state index < -0.39 is 0 Å². The number of nitrogens with one attached hydrogen (secondary N) is 1. The predicted octanol–water partition coefficient (Wildman–Crippen LogP) is 1.07. The first-order chi connectivity index (χ1) is 5.00. The molecule has 1 heterocycles. The van der Waals surface area contributed by atoms with Gasteiger partial charge in [-0.3, -0.25) is 4.79 Å². The van der Waals surface area contributed by atoms with E-state index in [9.17, 15) is 4.79 Å². The van der Waals surface area contributed by atoms with Crippen LogP contribution in [0.4, 0.5) is 0 Å². The molecule has 0 unspecified atom stereocenters. The zero-order chi connectivity index (χ0) is 8.48. The van der Waals surface area contributed by atoms with Crippen LogP contribution in [0.2, 0.25) is 0 Å². The minimum Gasteiger partial charge on any atom is -0.268 e. The lowest BCUT2D eigenvalue weighted by Crippen LogP contribution is -2.17. The average molecular weight is 152 g/mol. The summed E-state index contributed by atoms with van der Waals surface area (Å²) in [7, 11) is 0. The normalized spacial score (nSPS) is 11.5. The van der Waals surface area contributed by atoms with Crippen LogP contribution >= 0.6 is 0 Å². The van der Waals surface area contributed by atoms with E-state index in [2.05, 4.69) is 10.2 Å². The van der Waals surface area contributed by atoms with Crippen molar-refractivity contribution in [3.8, 4) is 0 Å². The second-order valence-corrected chi connectivity index (χ2v) is 3.58. The van der Waals surface area contributed by atoms with Gasteiger partial charge in [0.1, 0.15) is 0 Å². The van der Waals surface area contributed by atoms with Gasteiger partial charge in [0.15, 0.2) is 0 Å². The molecule has 0 fully saturated rings. The van der Waals surface area contributed by atoms with Gasteiger partial charge in [0.05, 0.1) is 6.20 Å². The molecule has 0 saturated heterocycles. The van der Waals surface area contributed by atoms with Gasteiger partial charge in [0, 0.05) is 6.07 Å². The molecular formula is C8H12N2O. The topological polar surface area (TPSA) is 45.8 Å². The fourth-order valence-electron chi connectivity index (χ4n) is 0.786. The number of H-pyrrole nitrogens is 1. The highest BCUT2D eigenvalue weighted by molar-refractivity contribution is 5.15. The van der Waals surface area contributed by atoms with Gasteiger partial charge in [0.2, 0.25) is 0 Å². The molecule has 0 bridgehead atoms. The SMILES string of the molecule is CC(C)(C)c1cn[nH]c(=O)c1. The van der Waals surface area contributed by atoms with Crippen molar-refractivity contribution < 1.29 is 0 Å². The number of rotatable bonds is 0. The molecule has 0 aliphatic carbocycles. The number of nitrogens with zero attached hydrogens (tertiary/aromatic N) is 1. The van der Waals surface area contributed by atoms with Gasteiger partial charge >= 0.3 is 0 Å². The van der Waals surface area contributed by atoms with Crippen molar-refractivity contribution in [2.75, 3.05) is 0 Å². The van der Waals surface area contributed by atoms with E-state index >= 15 is 0 Å². The second kappa shape index (κ2) is 2.49. The van der Waals surface area contributed by atoms with Crippen LogP contribution in [-0.4, -0.2) is 10.2 Å². The van der Waals surface area contributed by atoms with Crippen molar-refractivity contribution in [1.82, 2.24) is 10.2 Å². The lowest BCUT2D eigenvalue weighted by molar-refractivity contribution is 0.583. The zero-order valence-corrected chi connectivity index (χ0v) is 7.01. The Morgan fingerprint density at radius 3 is 2.45 bits per heavy atom. The van der Waals surface area contributed by atoms with Gasteiger partial charge < -0.3 is 0 Å². The molecule has 1 rings (SSSR count). The minimum absolute atomic E-state index is 0.00125. The van der Waals surface area contributed by atoms with E-state index in [1.165, 1.54) is 0 Å². The Kier molecular flexibility index (Phi) is 1.81. The highest BCUT2D eigenvalue weighted by Gasteiger charge is 2.13. The van der Waals surface area contributed by atoms with Crippen LogP contribution in [0, 0.1) is 0 Å². The van der Waals surface area contributed by atoms with Gasteiger partial charge in [0.25, 0.3) is 5.56 Å². The van der Waals surface area contributed by atoms with E-state index in [0.717, 1.165) is 5.56 Å². The molecule has 0 aromatic carbocycles. The molecule has 60 valence electrons. The van der Waals surface area contributed by atoms with Crippen molar-refractivity contribution in [3.05, 3.63) is 28.2 Å². The Balaban J connectivity index is 3.16. The largest absolute Gasteiger partial charge is 0.268 e. The molecule has 0 radical (unpaired) electrons. The maximum absolute atomic E-state index is 10.8. The molecule has 1 N–H and O–H groups in total. The molecule has 0 atom stereocenters. The number of hydrogen-bond donors (Lipinski definition) is 1. The molecule has 0 spiro atoms. The highest BCUT2D eigenvalue weighted by Crippen LogP contribution is 2.18. The first kappa shape index (κ1) is 7.98. The van der Waals surface area contributed by atoms with E-state index in [-0.39, 0.29) is 11.0 Å². The van der Waals surface area contributed by atoms with Crippen molar-refractivity contribution in [1.29, 1.82) is 0 Å². The number of hydrogen-bond acceptors (Lipinski definition) is 2. The van der Waals surface area contributed by atoms with Gasteiger partial charge in [-0.1, -0.05) is 20.8 Å². The Bertz CT molecular complexity index is 295. The third-order valence-electron chi connectivity index (χ3n) is 1.53. The van der Waals surface area contributed by atoms with E-state index in [1.807, 2.05) is 20.8 Å². The third-order valence-corrected chi connectivity index (χ3v) is 1.53. The summed E-state index contributed by atoms with van der Waals surface area (Å²) in [5.41, 5.74) is 0.819. The molecule has 3 nitrogen and oxygen atoms in total. The summed E-state index contributed by atoms with van der Waals surface area (Å²) in [5, 5.41) is 6.05. The fourth-order valence-corrected chi connectivity index (χ4v) is 0.786. The van der Waals surface area contributed by atoms with E-state index in [4.69, 9.17) is 0 Å². The second-order valence-electron chi connectivity index (χ2n) is 3.58. The predicted molar refractivity (Wildman–Crippen MR) is 43.6 cm³/mol. The molecule has 0 aliphatic rings. The van der Waals surface area contributed by atoms with Gasteiger partial charge in [-0.25, -0.2) is 5.10 Å². The maximum atomic E-state index is 10.8. The highest BCUT2D eigenvalue weighted by atomic mass is 16.1. The van der Waals surface area contributed by atoms with E-state index in [0.29, 0.717) is 0 Å². The van der Waals surface area contributed by atoms with Gasteiger partial charge in [-0.15, -0.1) is 0 Å². The number of aromatic nitrogens is 2. The van der Waals surface area contributed by atoms with Gasteiger partial charge in [-0.05, 0) is 11.0 Å². The molecule has 0 saturated carbocycles. The summed E-state index contributed by atoms with van der Waals surface area (Å²) in [6.07, 6.45) is 1.68. The number of aromatic amines is 1. The lowest BCUT2D eigenvalue weighted by atomic mass is 9.89. The molecule has 1 aromatic heterocycles. The van der Waals surface area contributed by atoms with Crippen LogP contribution in [0.3, 0.4) is 0 Å². The van der Waals surface area contributed by atoms with Crippen molar-refractivity contribution >= 4 is 0 Å². The summed E-state index contributed by atoms with van der Waals surface area (Å²) in [4.78, 5) is 10.8. The van der Waals surface area contributed by atoms with Crippen molar-refractivity contribution in [3.63, 3.8) is 0 Å². The van der Waals surface area contributed by atoms with Crippen LogP contribution in [0.1, 0.15) is 26.3 Å². The zero-order valence-electron chi connectivity index (χ0n) is 7.01. The third kappa shape index (κ3) is 1.90. The first-order valence-electron chi connectivity index (χ1n) is 3.55. The van der Waals surface area contributed by atoms with Crippen LogP contribution in [0.15, 0.2) is 17.1 Å². The summed E-state index contributed by atoms with van der Waals surface area (Å²) >= 11 is 0. The van der Waals surface area contributed by atoms with Crippen LogP contribution in [0.25, 0.3) is 0 Å². The molecule has 11 heavy (non-hydrogen) atoms. The van der Waals surface area contributed by atoms with Crippen LogP contribution < -0.4 is 5.56 Å². The Hall–Kier alpha value is -1.12. The monoisotopic (exact) mass is 152 g/mol. The first-order valence-corrected chi connectivity index (χ1v) is 3.55. The van der Waals surface area contributed by atoms with Crippen molar-refractivity contribution in [2.24, 2.45) is 0 Å². The van der Waals surface area contributed by atoms with Crippen molar-refractivity contribution in [2.45, 2.75) is 26.2 Å². The Morgan fingerprint density at radius 1 is 1.45 bits per heavy atom. The Morgan fingerprint density at radius 2 is 2.09 bits per heavy atom. The molecule has 0 aliphatic heterocycles. The smallest absolute Gasteiger partial charge is 0.264 e. The average Bonchev–Trinajstić information content (AvgIpc) is 1.86. The van der Waals surface area contributed by atoms with Crippen LogP contribution in [-0.2, 0) is 5.41 Å². The standard InChI is InChI=1S/C8H12N2O/c1-8(2,3)6-4-7(11)10-9-5-6/h4-5H,1-3H3,(H,10,11). The summed E-state index contributed by atoms with van der Waals surface area (Å²) in [6.45, 7) is 6.14.